The predicted octanol–water partition coefficient (Wildman–Crippen LogP) is 5.41. The maximum absolute atomic E-state index is 10.6. The van der Waals surface area contributed by atoms with Gasteiger partial charge in [0.25, 0.3) is 0 Å². The molecule has 1 rings (SSSR count). The fourth-order valence-electron chi connectivity index (χ4n) is 3.83. The lowest BCUT2D eigenvalue weighted by atomic mass is 9.78. The van der Waals surface area contributed by atoms with Crippen LogP contribution in [0.2, 0.25) is 0 Å². The number of allylic oxidation sites excluding steroid dienone is 5. The van der Waals surface area contributed by atoms with Crippen LogP contribution in [0.1, 0.15) is 84.0 Å². The van der Waals surface area contributed by atoms with Crippen LogP contribution in [-0.2, 0) is 4.79 Å². The highest BCUT2D eigenvalue weighted by Gasteiger charge is 2.26. The van der Waals surface area contributed by atoms with E-state index in [0.29, 0.717) is 12.8 Å². The Hall–Kier alpha value is -1.39. The molecule has 0 saturated carbocycles. The summed E-state index contributed by atoms with van der Waals surface area (Å²) in [6.07, 6.45) is 22.3. The van der Waals surface area contributed by atoms with E-state index in [2.05, 4.69) is 25.2 Å². The number of carbonyl (C=O) groups is 1. The highest BCUT2D eigenvalue weighted by Crippen LogP contribution is 2.31. The minimum atomic E-state index is -0.808. The molecule has 160 valence electrons. The number of hydrogen-bond acceptors (Lipinski definition) is 3. The summed E-state index contributed by atoms with van der Waals surface area (Å²) in [6.45, 7) is 2.22. The van der Waals surface area contributed by atoms with E-state index >= 15 is 0 Å². The van der Waals surface area contributed by atoms with Crippen LogP contribution in [0.25, 0.3) is 0 Å². The van der Waals surface area contributed by atoms with Crippen LogP contribution in [0.5, 0.6) is 0 Å². The minimum Gasteiger partial charge on any atom is -0.481 e. The Morgan fingerprint density at radius 3 is 2.46 bits per heavy atom. The van der Waals surface area contributed by atoms with Crippen LogP contribution in [0.15, 0.2) is 36.5 Å². The lowest BCUT2D eigenvalue weighted by Gasteiger charge is -2.30. The third-order valence-corrected chi connectivity index (χ3v) is 5.57. The molecule has 0 bridgehead atoms. The third-order valence-electron chi connectivity index (χ3n) is 5.57. The fraction of sp³-hybridized carbons (Fsp3) is 0.708. The van der Waals surface area contributed by atoms with Crippen molar-refractivity contribution in [3.8, 4) is 0 Å². The molecule has 0 saturated heterocycles. The first-order valence-electron chi connectivity index (χ1n) is 11.1. The second-order valence-corrected chi connectivity index (χ2v) is 8.02. The van der Waals surface area contributed by atoms with Crippen molar-refractivity contribution in [1.29, 1.82) is 0 Å². The van der Waals surface area contributed by atoms with Crippen molar-refractivity contribution in [2.75, 3.05) is 0 Å². The molecule has 0 fully saturated rings. The molecule has 0 aliphatic heterocycles. The average Bonchev–Trinajstić information content (AvgIpc) is 2.68. The highest BCUT2D eigenvalue weighted by molar-refractivity contribution is 5.66. The zero-order valence-electron chi connectivity index (χ0n) is 17.5. The third kappa shape index (κ3) is 11.5. The van der Waals surface area contributed by atoms with Crippen molar-refractivity contribution in [2.24, 2.45) is 11.8 Å². The molecule has 0 heterocycles. The van der Waals surface area contributed by atoms with Gasteiger partial charge < -0.3 is 15.3 Å². The van der Waals surface area contributed by atoms with Crippen LogP contribution >= 0.6 is 0 Å². The SMILES string of the molecule is CCCCCCCCC(O)/C=C/C=C/[C@@H]1CC=CC[C@H]1C(O)CCCC(=O)O. The average molecular weight is 393 g/mol. The summed E-state index contributed by atoms with van der Waals surface area (Å²) >= 11 is 0. The van der Waals surface area contributed by atoms with E-state index in [-0.39, 0.29) is 24.4 Å². The van der Waals surface area contributed by atoms with Gasteiger partial charge >= 0.3 is 5.97 Å². The van der Waals surface area contributed by atoms with Gasteiger partial charge in [-0.2, -0.15) is 0 Å². The smallest absolute Gasteiger partial charge is 0.303 e. The molecule has 28 heavy (non-hydrogen) atoms. The monoisotopic (exact) mass is 392 g/mol. The molecule has 0 spiro atoms. The standard InChI is InChI=1S/C24H40O4/c1-2-3-4-5-6-7-15-21(25)16-10-8-13-20-14-9-11-17-22(20)23(26)18-12-19-24(27)28/h8-11,13,16,20-23,25-26H,2-7,12,14-15,17-19H2,1H3,(H,27,28)/b13-8+,16-10+/t20-,21?,22-,23?/m1/s1. The Morgan fingerprint density at radius 2 is 1.71 bits per heavy atom. The van der Waals surface area contributed by atoms with E-state index in [0.717, 1.165) is 25.7 Å². The van der Waals surface area contributed by atoms with Gasteiger partial charge in [-0.15, -0.1) is 0 Å². The lowest BCUT2D eigenvalue weighted by Crippen LogP contribution is -2.28. The van der Waals surface area contributed by atoms with E-state index in [1.807, 2.05) is 18.2 Å². The Kier molecular flexibility index (Phi) is 13.7. The van der Waals surface area contributed by atoms with Crippen LogP contribution in [-0.4, -0.2) is 33.5 Å². The molecule has 0 aromatic heterocycles. The van der Waals surface area contributed by atoms with Gasteiger partial charge in [-0.25, -0.2) is 0 Å². The summed E-state index contributed by atoms with van der Waals surface area (Å²) in [5.41, 5.74) is 0. The van der Waals surface area contributed by atoms with E-state index in [4.69, 9.17) is 5.11 Å². The number of hydrogen-bond donors (Lipinski definition) is 3. The molecular weight excluding hydrogens is 352 g/mol. The van der Waals surface area contributed by atoms with Crippen molar-refractivity contribution >= 4 is 5.97 Å². The summed E-state index contributed by atoms with van der Waals surface area (Å²) in [6, 6.07) is 0. The zero-order chi connectivity index (χ0) is 20.6. The van der Waals surface area contributed by atoms with Gasteiger partial charge in [-0.05, 0) is 43.9 Å². The van der Waals surface area contributed by atoms with Crippen LogP contribution in [0.4, 0.5) is 0 Å². The number of rotatable bonds is 15. The first kappa shape index (κ1) is 24.6. The zero-order valence-corrected chi connectivity index (χ0v) is 17.5. The van der Waals surface area contributed by atoms with Crippen molar-refractivity contribution in [2.45, 2.75) is 96.2 Å². The van der Waals surface area contributed by atoms with E-state index in [1.54, 1.807) is 0 Å². The summed E-state index contributed by atoms with van der Waals surface area (Å²) in [7, 11) is 0. The van der Waals surface area contributed by atoms with Gasteiger partial charge in [0.2, 0.25) is 0 Å². The van der Waals surface area contributed by atoms with E-state index in [9.17, 15) is 15.0 Å². The van der Waals surface area contributed by atoms with Crippen molar-refractivity contribution in [1.82, 2.24) is 0 Å². The molecule has 4 atom stereocenters. The summed E-state index contributed by atoms with van der Waals surface area (Å²) in [5.74, 6) is -0.418. The van der Waals surface area contributed by atoms with E-state index < -0.39 is 12.1 Å². The number of unbranched alkanes of at least 4 members (excludes halogenated alkanes) is 5. The van der Waals surface area contributed by atoms with Crippen molar-refractivity contribution < 1.29 is 20.1 Å². The maximum atomic E-state index is 10.6. The van der Waals surface area contributed by atoms with Crippen molar-refractivity contribution in [3.05, 3.63) is 36.5 Å². The first-order valence-corrected chi connectivity index (χ1v) is 11.1. The summed E-state index contributed by atoms with van der Waals surface area (Å²) in [5, 5.41) is 29.3. The maximum Gasteiger partial charge on any atom is 0.303 e. The second kappa shape index (κ2) is 15.5. The predicted molar refractivity (Wildman–Crippen MR) is 115 cm³/mol. The van der Waals surface area contributed by atoms with E-state index in [1.165, 1.54) is 32.1 Å². The van der Waals surface area contributed by atoms with Crippen molar-refractivity contribution in [3.63, 3.8) is 0 Å². The molecule has 4 heteroatoms. The van der Waals surface area contributed by atoms with Crippen LogP contribution in [0.3, 0.4) is 0 Å². The molecule has 4 nitrogen and oxygen atoms in total. The van der Waals surface area contributed by atoms with Gasteiger partial charge in [-0.3, -0.25) is 4.79 Å². The topological polar surface area (TPSA) is 77.8 Å². The van der Waals surface area contributed by atoms with Gasteiger partial charge in [-0.1, -0.05) is 81.9 Å². The van der Waals surface area contributed by atoms with Crippen LogP contribution in [0, 0.1) is 11.8 Å². The number of carboxylic acids is 1. The molecule has 1 aliphatic carbocycles. The molecule has 1 aliphatic rings. The quantitative estimate of drug-likeness (QED) is 0.198. The first-order chi connectivity index (χ1) is 13.5. The molecule has 3 N–H and O–H groups in total. The second-order valence-electron chi connectivity index (χ2n) is 8.02. The largest absolute Gasteiger partial charge is 0.481 e. The highest BCUT2D eigenvalue weighted by atomic mass is 16.4. The number of aliphatic hydroxyl groups excluding tert-OH is 2. The summed E-state index contributed by atoms with van der Waals surface area (Å²) in [4.78, 5) is 10.6. The van der Waals surface area contributed by atoms with Crippen LogP contribution < -0.4 is 0 Å². The number of aliphatic carboxylic acids is 1. The Morgan fingerprint density at radius 1 is 1.00 bits per heavy atom. The van der Waals surface area contributed by atoms with Gasteiger partial charge in [0.1, 0.15) is 0 Å². The number of aliphatic hydroxyl groups is 2. The fourth-order valence-corrected chi connectivity index (χ4v) is 3.83. The molecule has 2 unspecified atom stereocenters. The normalized spacial score (nSPS) is 22.1. The Balaban J connectivity index is 2.33. The molecule has 0 amide bonds. The molecule has 0 aromatic carbocycles. The van der Waals surface area contributed by atoms with Gasteiger partial charge in [0.05, 0.1) is 12.2 Å². The lowest BCUT2D eigenvalue weighted by molar-refractivity contribution is -0.137. The molecular formula is C24H40O4. The van der Waals surface area contributed by atoms with Gasteiger partial charge in [0.15, 0.2) is 0 Å². The Bertz CT molecular complexity index is 495. The molecule has 0 aromatic rings. The molecule has 0 radical (unpaired) electrons. The summed E-state index contributed by atoms with van der Waals surface area (Å²) < 4.78 is 0. The van der Waals surface area contributed by atoms with Gasteiger partial charge in [0, 0.05) is 6.42 Å². The Labute approximate surface area is 171 Å². The number of carboxylic acid groups (broad SMARTS) is 1. The minimum absolute atomic E-state index is 0.110.